The molecule has 0 aliphatic rings. The predicted molar refractivity (Wildman–Crippen MR) is 76.1 cm³/mol. The Morgan fingerprint density at radius 1 is 1.16 bits per heavy atom. The molecular weight excluding hydrogens is 244 g/mol. The van der Waals surface area contributed by atoms with E-state index < -0.39 is 0 Å². The van der Waals surface area contributed by atoms with Crippen molar-refractivity contribution < 1.29 is 18.9 Å². The smallest absolute Gasteiger partial charge is 0.114 e. The minimum Gasteiger partial charge on any atom is -0.385 e. The molecule has 0 amide bonds. The van der Waals surface area contributed by atoms with Gasteiger partial charge in [0.05, 0.1) is 6.10 Å². The Morgan fingerprint density at radius 2 is 1.89 bits per heavy atom. The molecule has 4 heteroatoms. The third-order valence-electron chi connectivity index (χ3n) is 2.78. The normalized spacial score (nSPS) is 15.2. The van der Waals surface area contributed by atoms with Crippen LogP contribution in [0.15, 0.2) is 12.7 Å². The van der Waals surface area contributed by atoms with Gasteiger partial charge in [-0.15, -0.1) is 18.4 Å². The largest absolute Gasteiger partial charge is 0.385 e. The summed E-state index contributed by atoms with van der Waals surface area (Å²) in [5.74, 6) is 5.88. The summed E-state index contributed by atoms with van der Waals surface area (Å²) in [6.45, 7) is 6.84. The van der Waals surface area contributed by atoms with Gasteiger partial charge in [-0.1, -0.05) is 6.08 Å². The van der Waals surface area contributed by atoms with E-state index in [1.54, 1.807) is 27.4 Å². The minimum absolute atomic E-state index is 0.141. The van der Waals surface area contributed by atoms with Crippen LogP contribution in [0.25, 0.3) is 0 Å². The fourth-order valence-corrected chi connectivity index (χ4v) is 1.74. The topological polar surface area (TPSA) is 36.9 Å². The first-order chi connectivity index (χ1) is 9.24. The first-order valence-electron chi connectivity index (χ1n) is 6.43. The molecule has 0 radical (unpaired) electrons. The van der Waals surface area contributed by atoms with Crippen molar-refractivity contribution in [3.05, 3.63) is 12.7 Å². The van der Waals surface area contributed by atoms with Crippen molar-refractivity contribution in [2.45, 2.75) is 38.1 Å². The lowest BCUT2D eigenvalue weighted by atomic mass is 10.0. The molecule has 0 bridgehead atoms. The lowest BCUT2D eigenvalue weighted by molar-refractivity contribution is -0.108. The Hall–Kier alpha value is -0.860. The Bertz CT molecular complexity index is 280. The summed E-state index contributed by atoms with van der Waals surface area (Å²) in [6, 6.07) is 0. The van der Waals surface area contributed by atoms with E-state index >= 15 is 0 Å². The van der Waals surface area contributed by atoms with Crippen LogP contribution in [-0.4, -0.2) is 52.9 Å². The number of rotatable bonds is 11. The molecule has 0 N–H and O–H groups in total. The average molecular weight is 270 g/mol. The summed E-state index contributed by atoms with van der Waals surface area (Å²) in [4.78, 5) is 0. The van der Waals surface area contributed by atoms with E-state index in [9.17, 15) is 0 Å². The van der Waals surface area contributed by atoms with Gasteiger partial charge in [-0.3, -0.25) is 0 Å². The highest BCUT2D eigenvalue weighted by Gasteiger charge is 2.28. The van der Waals surface area contributed by atoms with E-state index in [1.807, 2.05) is 6.92 Å². The van der Waals surface area contributed by atoms with Gasteiger partial charge in [0, 0.05) is 41.0 Å². The van der Waals surface area contributed by atoms with Gasteiger partial charge in [-0.2, -0.15) is 0 Å². The molecular formula is C15H26O4. The number of hydrogen-bond acceptors (Lipinski definition) is 4. The maximum Gasteiger partial charge on any atom is 0.114 e. The van der Waals surface area contributed by atoms with Gasteiger partial charge in [-0.25, -0.2) is 0 Å². The molecule has 0 fully saturated rings. The second-order valence-electron chi connectivity index (χ2n) is 4.02. The third-order valence-corrected chi connectivity index (χ3v) is 2.78. The Kier molecular flexibility index (Phi) is 11.6. The Morgan fingerprint density at radius 3 is 2.37 bits per heavy atom. The number of methoxy groups -OCH3 is 3. The highest BCUT2D eigenvalue weighted by molar-refractivity contribution is 5.01. The fraction of sp³-hybridized carbons (Fsp3) is 0.733. The zero-order valence-corrected chi connectivity index (χ0v) is 12.5. The summed E-state index contributed by atoms with van der Waals surface area (Å²) < 4.78 is 21.7. The molecule has 0 aromatic heterocycles. The van der Waals surface area contributed by atoms with E-state index in [0.717, 1.165) is 6.42 Å². The monoisotopic (exact) mass is 270 g/mol. The van der Waals surface area contributed by atoms with Crippen molar-refractivity contribution in [1.29, 1.82) is 0 Å². The molecule has 0 saturated heterocycles. The summed E-state index contributed by atoms with van der Waals surface area (Å²) in [5.41, 5.74) is 0. The fourth-order valence-electron chi connectivity index (χ4n) is 1.74. The lowest BCUT2D eigenvalue weighted by Crippen LogP contribution is -2.41. The minimum atomic E-state index is -0.217. The summed E-state index contributed by atoms with van der Waals surface area (Å²) in [5, 5.41) is 0. The molecule has 0 spiro atoms. The highest BCUT2D eigenvalue weighted by atomic mass is 16.6. The van der Waals surface area contributed by atoms with Crippen molar-refractivity contribution in [2.75, 3.05) is 34.5 Å². The van der Waals surface area contributed by atoms with Gasteiger partial charge in [0.25, 0.3) is 0 Å². The van der Waals surface area contributed by atoms with Crippen LogP contribution >= 0.6 is 0 Å². The van der Waals surface area contributed by atoms with Crippen molar-refractivity contribution in [3.8, 4) is 11.8 Å². The second kappa shape index (κ2) is 12.2. The maximum atomic E-state index is 5.87. The molecule has 19 heavy (non-hydrogen) atoms. The zero-order chi connectivity index (χ0) is 14.5. The van der Waals surface area contributed by atoms with Crippen LogP contribution in [0, 0.1) is 11.8 Å². The molecule has 0 aliphatic carbocycles. The molecule has 0 saturated carbocycles. The van der Waals surface area contributed by atoms with Crippen LogP contribution < -0.4 is 0 Å². The third kappa shape index (κ3) is 7.34. The molecule has 0 rings (SSSR count). The Labute approximate surface area is 117 Å². The summed E-state index contributed by atoms with van der Waals surface area (Å²) in [6.07, 6.45) is 2.59. The molecule has 3 atom stereocenters. The Balaban J connectivity index is 4.59. The average Bonchev–Trinajstić information content (AvgIpc) is 2.44. The van der Waals surface area contributed by atoms with E-state index in [1.165, 1.54) is 0 Å². The van der Waals surface area contributed by atoms with Gasteiger partial charge < -0.3 is 18.9 Å². The second-order valence-corrected chi connectivity index (χ2v) is 4.02. The first kappa shape index (κ1) is 18.1. The SMILES string of the molecule is C=CC(OC)C(OCCCOC)C(CC#CC)OC. The van der Waals surface area contributed by atoms with Crippen molar-refractivity contribution in [1.82, 2.24) is 0 Å². The van der Waals surface area contributed by atoms with Gasteiger partial charge in [0.15, 0.2) is 0 Å². The van der Waals surface area contributed by atoms with Crippen molar-refractivity contribution in [2.24, 2.45) is 0 Å². The molecule has 4 nitrogen and oxygen atoms in total. The van der Waals surface area contributed by atoms with E-state index in [2.05, 4.69) is 18.4 Å². The van der Waals surface area contributed by atoms with E-state index in [4.69, 9.17) is 18.9 Å². The van der Waals surface area contributed by atoms with Crippen LogP contribution in [-0.2, 0) is 18.9 Å². The highest BCUT2D eigenvalue weighted by Crippen LogP contribution is 2.15. The molecule has 0 aliphatic heterocycles. The summed E-state index contributed by atoms with van der Waals surface area (Å²) >= 11 is 0. The number of hydrogen-bond donors (Lipinski definition) is 0. The van der Waals surface area contributed by atoms with Crippen molar-refractivity contribution in [3.63, 3.8) is 0 Å². The quantitative estimate of drug-likeness (QED) is 0.327. The van der Waals surface area contributed by atoms with Crippen LogP contribution in [0.2, 0.25) is 0 Å². The first-order valence-corrected chi connectivity index (χ1v) is 6.43. The van der Waals surface area contributed by atoms with E-state index in [0.29, 0.717) is 19.6 Å². The van der Waals surface area contributed by atoms with Gasteiger partial charge in [0.1, 0.15) is 12.2 Å². The molecule has 0 aromatic carbocycles. The van der Waals surface area contributed by atoms with Crippen molar-refractivity contribution >= 4 is 0 Å². The predicted octanol–water partition coefficient (Wildman–Crippen LogP) is 2.04. The van der Waals surface area contributed by atoms with Crippen LogP contribution in [0.3, 0.4) is 0 Å². The standard InChI is InChI=1S/C15H26O4/c1-6-8-10-14(18-5)15(13(7-2)17-4)19-12-9-11-16-3/h7,13-15H,2,9-12H2,1,3-5H3. The molecule has 3 unspecified atom stereocenters. The van der Waals surface area contributed by atoms with Gasteiger partial charge >= 0.3 is 0 Å². The van der Waals surface area contributed by atoms with Crippen LogP contribution in [0.4, 0.5) is 0 Å². The van der Waals surface area contributed by atoms with Gasteiger partial charge in [-0.05, 0) is 13.3 Å². The van der Waals surface area contributed by atoms with E-state index in [-0.39, 0.29) is 18.3 Å². The van der Waals surface area contributed by atoms with Crippen LogP contribution in [0.5, 0.6) is 0 Å². The molecule has 110 valence electrons. The van der Waals surface area contributed by atoms with Gasteiger partial charge in [0.2, 0.25) is 0 Å². The lowest BCUT2D eigenvalue weighted by Gasteiger charge is -2.29. The summed E-state index contributed by atoms with van der Waals surface area (Å²) in [7, 11) is 4.97. The molecule has 0 aromatic rings. The maximum absolute atomic E-state index is 5.87. The number of ether oxygens (including phenoxy) is 4. The van der Waals surface area contributed by atoms with Crippen LogP contribution in [0.1, 0.15) is 19.8 Å². The zero-order valence-electron chi connectivity index (χ0n) is 12.5. The molecule has 0 heterocycles.